The van der Waals surface area contributed by atoms with Gasteiger partial charge in [0, 0.05) is 24.9 Å². The van der Waals surface area contributed by atoms with Crippen molar-refractivity contribution in [2.24, 2.45) is 0 Å². The van der Waals surface area contributed by atoms with Crippen molar-refractivity contribution in [3.8, 4) is 11.3 Å². The lowest BCUT2D eigenvalue weighted by Crippen LogP contribution is -2.47. The molecule has 1 fully saturated rings. The minimum atomic E-state index is 0.135. The van der Waals surface area contributed by atoms with E-state index in [0.717, 1.165) is 11.3 Å². The van der Waals surface area contributed by atoms with Crippen LogP contribution < -0.4 is 0 Å². The number of aryl methyl sites for hydroxylation is 2. The highest BCUT2D eigenvalue weighted by atomic mass is 16.5. The fraction of sp³-hybridized carbons (Fsp3) is 0.444. The van der Waals surface area contributed by atoms with E-state index >= 15 is 0 Å². The molecule has 1 atom stereocenters. The van der Waals surface area contributed by atoms with Crippen LogP contribution in [-0.4, -0.2) is 41.6 Å². The van der Waals surface area contributed by atoms with E-state index in [0.29, 0.717) is 38.5 Å². The van der Waals surface area contributed by atoms with E-state index in [2.05, 4.69) is 4.98 Å². The third kappa shape index (κ3) is 3.79. The fourth-order valence-electron chi connectivity index (χ4n) is 2.73. The summed E-state index contributed by atoms with van der Waals surface area (Å²) in [7, 11) is 0. The molecule has 5 heteroatoms. The molecule has 23 heavy (non-hydrogen) atoms. The molecule has 0 radical (unpaired) electrons. The highest BCUT2D eigenvalue weighted by Crippen LogP contribution is 2.21. The van der Waals surface area contributed by atoms with Crippen molar-refractivity contribution in [1.82, 2.24) is 9.88 Å². The standard InChI is InChI=1S/C18H22N2O3/c1-13-3-5-15(6-4-13)16-11-19-17(23-16)7-8-18(21)20-9-10-22-12-14(20)2/h3-6,11,14H,7-10,12H2,1-2H3/t14-/m1/s1. The summed E-state index contributed by atoms with van der Waals surface area (Å²) in [5.74, 6) is 1.48. The van der Waals surface area contributed by atoms with E-state index in [-0.39, 0.29) is 11.9 Å². The van der Waals surface area contributed by atoms with Gasteiger partial charge in [-0.2, -0.15) is 0 Å². The number of carbonyl (C=O) groups is 1. The zero-order valence-electron chi connectivity index (χ0n) is 13.6. The zero-order valence-corrected chi connectivity index (χ0v) is 13.6. The second-order valence-corrected chi connectivity index (χ2v) is 6.00. The summed E-state index contributed by atoms with van der Waals surface area (Å²) in [6.45, 7) is 5.96. The maximum atomic E-state index is 12.3. The molecule has 0 unspecified atom stereocenters. The SMILES string of the molecule is Cc1ccc(-c2cnc(CCC(=O)N3CCOC[C@H]3C)o2)cc1. The summed E-state index contributed by atoms with van der Waals surface area (Å²) in [5, 5.41) is 0. The summed E-state index contributed by atoms with van der Waals surface area (Å²) >= 11 is 0. The highest BCUT2D eigenvalue weighted by Gasteiger charge is 2.23. The van der Waals surface area contributed by atoms with Crippen LogP contribution in [0.3, 0.4) is 0 Å². The third-order valence-electron chi connectivity index (χ3n) is 4.13. The van der Waals surface area contributed by atoms with Crippen LogP contribution in [0.4, 0.5) is 0 Å². The van der Waals surface area contributed by atoms with Crippen LogP contribution in [0.2, 0.25) is 0 Å². The van der Waals surface area contributed by atoms with Gasteiger partial charge in [0.25, 0.3) is 0 Å². The Kier molecular flexibility index (Phi) is 4.76. The number of amides is 1. The molecule has 2 aromatic rings. The molecule has 1 aliphatic heterocycles. The van der Waals surface area contributed by atoms with Gasteiger partial charge in [-0.1, -0.05) is 29.8 Å². The van der Waals surface area contributed by atoms with Crippen LogP contribution in [0.1, 0.15) is 24.8 Å². The summed E-state index contributed by atoms with van der Waals surface area (Å²) in [5.41, 5.74) is 2.21. The van der Waals surface area contributed by atoms with Gasteiger partial charge in [-0.25, -0.2) is 4.98 Å². The van der Waals surface area contributed by atoms with Gasteiger partial charge in [-0.3, -0.25) is 4.79 Å². The molecule has 1 amide bonds. The molecule has 1 aliphatic rings. The van der Waals surface area contributed by atoms with Gasteiger partial charge in [0.15, 0.2) is 11.7 Å². The Morgan fingerprint density at radius 2 is 2.13 bits per heavy atom. The molecule has 2 heterocycles. The molecule has 122 valence electrons. The molecular formula is C18H22N2O3. The number of carbonyl (C=O) groups excluding carboxylic acids is 1. The Balaban J connectivity index is 1.58. The highest BCUT2D eigenvalue weighted by molar-refractivity contribution is 5.76. The van der Waals surface area contributed by atoms with Gasteiger partial charge in [0.05, 0.1) is 25.5 Å². The van der Waals surface area contributed by atoms with Crippen molar-refractivity contribution < 1.29 is 13.9 Å². The second-order valence-electron chi connectivity index (χ2n) is 6.00. The fourth-order valence-corrected chi connectivity index (χ4v) is 2.73. The Morgan fingerprint density at radius 3 is 2.87 bits per heavy atom. The second kappa shape index (κ2) is 6.96. The maximum Gasteiger partial charge on any atom is 0.223 e. The van der Waals surface area contributed by atoms with E-state index < -0.39 is 0 Å². The van der Waals surface area contributed by atoms with Gasteiger partial charge in [-0.15, -0.1) is 0 Å². The topological polar surface area (TPSA) is 55.6 Å². The molecule has 0 saturated carbocycles. The van der Waals surface area contributed by atoms with Crippen molar-refractivity contribution in [2.75, 3.05) is 19.8 Å². The number of morpholine rings is 1. The first-order chi connectivity index (χ1) is 11.1. The van der Waals surface area contributed by atoms with Crippen molar-refractivity contribution in [3.63, 3.8) is 0 Å². The lowest BCUT2D eigenvalue weighted by molar-refractivity contribution is -0.139. The van der Waals surface area contributed by atoms with E-state index in [1.54, 1.807) is 6.20 Å². The Bertz CT molecular complexity index is 663. The van der Waals surface area contributed by atoms with Gasteiger partial charge in [0.1, 0.15) is 0 Å². The summed E-state index contributed by atoms with van der Waals surface area (Å²) in [6.07, 6.45) is 2.66. The van der Waals surface area contributed by atoms with E-state index in [9.17, 15) is 4.79 Å². The predicted octanol–water partition coefficient (Wildman–Crippen LogP) is 2.83. The van der Waals surface area contributed by atoms with E-state index in [4.69, 9.17) is 9.15 Å². The summed E-state index contributed by atoms with van der Waals surface area (Å²) < 4.78 is 11.1. The van der Waals surface area contributed by atoms with Crippen molar-refractivity contribution in [1.29, 1.82) is 0 Å². The molecule has 1 saturated heterocycles. The molecule has 1 aromatic carbocycles. The average molecular weight is 314 g/mol. The lowest BCUT2D eigenvalue weighted by atomic mass is 10.1. The monoisotopic (exact) mass is 314 g/mol. The average Bonchev–Trinajstić information content (AvgIpc) is 3.03. The minimum absolute atomic E-state index is 0.135. The lowest BCUT2D eigenvalue weighted by Gasteiger charge is -2.33. The predicted molar refractivity (Wildman–Crippen MR) is 87.0 cm³/mol. The smallest absolute Gasteiger partial charge is 0.223 e. The molecule has 0 spiro atoms. The van der Waals surface area contributed by atoms with Gasteiger partial charge < -0.3 is 14.1 Å². The molecule has 0 bridgehead atoms. The quantitative estimate of drug-likeness (QED) is 0.871. The molecular weight excluding hydrogens is 292 g/mol. The van der Waals surface area contributed by atoms with Crippen LogP contribution in [0.15, 0.2) is 34.9 Å². The van der Waals surface area contributed by atoms with E-state index in [1.165, 1.54) is 5.56 Å². The van der Waals surface area contributed by atoms with Crippen molar-refractivity contribution >= 4 is 5.91 Å². The van der Waals surface area contributed by atoms with Crippen LogP contribution in [0, 0.1) is 6.92 Å². The van der Waals surface area contributed by atoms with Gasteiger partial charge in [-0.05, 0) is 13.8 Å². The molecule has 3 rings (SSSR count). The van der Waals surface area contributed by atoms with Crippen LogP contribution in [0.5, 0.6) is 0 Å². The largest absolute Gasteiger partial charge is 0.441 e. The summed E-state index contributed by atoms with van der Waals surface area (Å²) in [6, 6.07) is 8.26. The van der Waals surface area contributed by atoms with Gasteiger partial charge >= 0.3 is 0 Å². The van der Waals surface area contributed by atoms with E-state index in [1.807, 2.05) is 43.0 Å². The maximum absolute atomic E-state index is 12.3. The van der Waals surface area contributed by atoms with Crippen molar-refractivity contribution in [3.05, 3.63) is 41.9 Å². The third-order valence-corrected chi connectivity index (χ3v) is 4.13. The molecule has 1 aromatic heterocycles. The zero-order chi connectivity index (χ0) is 16.2. The number of oxazole rings is 1. The first-order valence-corrected chi connectivity index (χ1v) is 8.02. The number of nitrogens with zero attached hydrogens (tertiary/aromatic N) is 2. The van der Waals surface area contributed by atoms with Crippen LogP contribution in [0.25, 0.3) is 11.3 Å². The number of rotatable bonds is 4. The molecule has 5 nitrogen and oxygen atoms in total. The van der Waals surface area contributed by atoms with Crippen LogP contribution in [-0.2, 0) is 16.0 Å². The van der Waals surface area contributed by atoms with Gasteiger partial charge in [0.2, 0.25) is 5.91 Å². The number of hydrogen-bond acceptors (Lipinski definition) is 4. The molecule has 0 aliphatic carbocycles. The normalized spacial score (nSPS) is 18.2. The minimum Gasteiger partial charge on any atom is -0.441 e. The number of benzene rings is 1. The number of ether oxygens (including phenoxy) is 1. The Morgan fingerprint density at radius 1 is 1.35 bits per heavy atom. The number of hydrogen-bond donors (Lipinski definition) is 0. The Labute approximate surface area is 136 Å². The van der Waals surface area contributed by atoms with Crippen LogP contribution >= 0.6 is 0 Å². The van der Waals surface area contributed by atoms with Crippen molar-refractivity contribution in [2.45, 2.75) is 32.7 Å². The number of aromatic nitrogens is 1. The first-order valence-electron chi connectivity index (χ1n) is 8.02. The molecule has 0 N–H and O–H groups in total. The summed E-state index contributed by atoms with van der Waals surface area (Å²) in [4.78, 5) is 18.5. The first kappa shape index (κ1) is 15.7. The Hall–Kier alpha value is -2.14.